The molecule has 0 spiro atoms. The van der Waals surface area contributed by atoms with Gasteiger partial charge in [-0.1, -0.05) is 42.3 Å². The number of aromatic nitrogens is 3. The lowest BCUT2D eigenvalue weighted by Crippen LogP contribution is -1.94. The molecule has 132 valence electrons. The van der Waals surface area contributed by atoms with Gasteiger partial charge in [-0.25, -0.2) is 15.0 Å². The Labute approximate surface area is 157 Å². The van der Waals surface area contributed by atoms with Gasteiger partial charge < -0.3 is 5.73 Å². The Hall–Kier alpha value is -2.53. The highest BCUT2D eigenvalue weighted by atomic mass is 32.1. The number of nitrogens with zero attached hydrogens (tertiary/aromatic N) is 3. The van der Waals surface area contributed by atoms with E-state index in [4.69, 9.17) is 10.7 Å². The summed E-state index contributed by atoms with van der Waals surface area (Å²) >= 11 is 1.64. The fraction of sp³-hybridized carbons (Fsp3) is 0.286. The smallest absolute Gasteiger partial charge is 0.220 e. The number of benzene rings is 1. The standard InChI is InChI=1S/C21H22N4S/c1-14-19(18-11-12-23-21(22)25-18)26-20(24-14)17-9-7-16(8-10-17)13-15-5-3-2-4-6-15/h7-13H,2-6H2,1H3,(H2,22,23,25). The van der Waals surface area contributed by atoms with Crippen LogP contribution in [0.2, 0.25) is 0 Å². The van der Waals surface area contributed by atoms with Crippen LogP contribution in [0.3, 0.4) is 0 Å². The Morgan fingerprint density at radius 2 is 1.77 bits per heavy atom. The molecule has 0 radical (unpaired) electrons. The molecular weight excluding hydrogens is 340 g/mol. The molecule has 1 saturated carbocycles. The fourth-order valence-electron chi connectivity index (χ4n) is 3.37. The van der Waals surface area contributed by atoms with Crippen molar-refractivity contribution in [2.45, 2.75) is 39.0 Å². The highest BCUT2D eigenvalue weighted by Crippen LogP contribution is 2.34. The van der Waals surface area contributed by atoms with E-state index in [1.165, 1.54) is 37.7 Å². The van der Waals surface area contributed by atoms with Crippen molar-refractivity contribution in [1.29, 1.82) is 0 Å². The van der Waals surface area contributed by atoms with E-state index in [-0.39, 0.29) is 5.95 Å². The van der Waals surface area contributed by atoms with Gasteiger partial charge in [0.15, 0.2) is 0 Å². The van der Waals surface area contributed by atoms with Crippen LogP contribution in [0, 0.1) is 6.92 Å². The topological polar surface area (TPSA) is 64.7 Å². The molecule has 2 aromatic heterocycles. The maximum absolute atomic E-state index is 5.71. The summed E-state index contributed by atoms with van der Waals surface area (Å²) in [6.45, 7) is 2.01. The van der Waals surface area contributed by atoms with Gasteiger partial charge in [-0.3, -0.25) is 0 Å². The number of thiazole rings is 1. The first-order chi connectivity index (χ1) is 12.7. The fourth-order valence-corrected chi connectivity index (χ4v) is 4.41. The second kappa shape index (κ2) is 7.38. The predicted octanol–water partition coefficient (Wildman–Crippen LogP) is 5.51. The SMILES string of the molecule is Cc1nc(-c2ccc(C=C3CCCCC3)cc2)sc1-c1ccnc(N)n1. The lowest BCUT2D eigenvalue weighted by Gasteiger charge is -2.13. The molecule has 0 atom stereocenters. The van der Waals surface area contributed by atoms with Crippen LogP contribution < -0.4 is 5.73 Å². The van der Waals surface area contributed by atoms with Crippen molar-refractivity contribution in [3.8, 4) is 21.1 Å². The van der Waals surface area contributed by atoms with Crippen LogP contribution >= 0.6 is 11.3 Å². The van der Waals surface area contributed by atoms with Crippen molar-refractivity contribution in [1.82, 2.24) is 15.0 Å². The van der Waals surface area contributed by atoms with Crippen LogP contribution in [0.4, 0.5) is 5.95 Å². The van der Waals surface area contributed by atoms with E-state index in [1.54, 1.807) is 23.1 Å². The quantitative estimate of drug-likeness (QED) is 0.667. The summed E-state index contributed by atoms with van der Waals surface area (Å²) < 4.78 is 0. The molecule has 2 N–H and O–H groups in total. The van der Waals surface area contributed by atoms with Gasteiger partial charge in [0.05, 0.1) is 16.3 Å². The van der Waals surface area contributed by atoms with E-state index >= 15 is 0 Å². The lowest BCUT2D eigenvalue weighted by molar-refractivity contribution is 0.602. The zero-order valence-corrected chi connectivity index (χ0v) is 15.7. The first-order valence-corrected chi connectivity index (χ1v) is 9.87. The Balaban J connectivity index is 1.59. The number of hydrogen-bond acceptors (Lipinski definition) is 5. The molecule has 1 aromatic carbocycles. The van der Waals surface area contributed by atoms with Gasteiger partial charge in [0.2, 0.25) is 5.95 Å². The molecule has 4 rings (SSSR count). The Morgan fingerprint density at radius 3 is 2.50 bits per heavy atom. The zero-order chi connectivity index (χ0) is 17.9. The zero-order valence-electron chi connectivity index (χ0n) is 14.9. The van der Waals surface area contributed by atoms with Crippen LogP contribution in [0.15, 0.2) is 42.1 Å². The minimum Gasteiger partial charge on any atom is -0.368 e. The van der Waals surface area contributed by atoms with Crippen LogP contribution in [0.5, 0.6) is 0 Å². The lowest BCUT2D eigenvalue weighted by atomic mass is 9.93. The largest absolute Gasteiger partial charge is 0.368 e. The Morgan fingerprint density at radius 1 is 1.00 bits per heavy atom. The van der Waals surface area contributed by atoms with Gasteiger partial charge in [0, 0.05) is 11.8 Å². The number of aryl methyl sites for hydroxylation is 1. The van der Waals surface area contributed by atoms with E-state index in [0.717, 1.165) is 26.8 Å². The van der Waals surface area contributed by atoms with E-state index in [1.807, 2.05) is 13.0 Å². The summed E-state index contributed by atoms with van der Waals surface area (Å²) in [5.74, 6) is 0.289. The van der Waals surface area contributed by atoms with Gasteiger partial charge in [-0.15, -0.1) is 11.3 Å². The third kappa shape index (κ3) is 3.68. The van der Waals surface area contributed by atoms with Crippen LogP contribution in [0.25, 0.3) is 27.2 Å². The molecular formula is C21H22N4S. The van der Waals surface area contributed by atoms with E-state index in [0.29, 0.717) is 0 Å². The van der Waals surface area contributed by atoms with E-state index < -0.39 is 0 Å². The van der Waals surface area contributed by atoms with Crippen LogP contribution in [0.1, 0.15) is 43.4 Å². The van der Waals surface area contributed by atoms with Crippen LogP contribution in [-0.4, -0.2) is 15.0 Å². The first-order valence-electron chi connectivity index (χ1n) is 9.05. The van der Waals surface area contributed by atoms with Crippen molar-refractivity contribution in [2.24, 2.45) is 0 Å². The van der Waals surface area contributed by atoms with E-state index in [2.05, 4.69) is 40.3 Å². The summed E-state index contributed by atoms with van der Waals surface area (Å²) in [5.41, 5.74) is 11.5. The predicted molar refractivity (Wildman–Crippen MR) is 109 cm³/mol. The van der Waals surface area contributed by atoms with Gasteiger partial charge in [0.25, 0.3) is 0 Å². The number of rotatable bonds is 3. The average molecular weight is 363 g/mol. The summed E-state index contributed by atoms with van der Waals surface area (Å²) in [4.78, 5) is 14.1. The summed E-state index contributed by atoms with van der Waals surface area (Å²) in [6, 6.07) is 10.6. The van der Waals surface area contributed by atoms with Crippen molar-refractivity contribution in [2.75, 3.05) is 5.73 Å². The molecule has 0 saturated heterocycles. The highest BCUT2D eigenvalue weighted by molar-refractivity contribution is 7.18. The molecule has 4 nitrogen and oxygen atoms in total. The molecule has 1 fully saturated rings. The monoisotopic (exact) mass is 362 g/mol. The number of hydrogen-bond donors (Lipinski definition) is 1. The molecule has 3 aromatic rings. The van der Waals surface area contributed by atoms with Gasteiger partial charge in [-0.2, -0.15) is 0 Å². The van der Waals surface area contributed by atoms with E-state index in [9.17, 15) is 0 Å². The third-order valence-corrected chi connectivity index (χ3v) is 5.96. The maximum Gasteiger partial charge on any atom is 0.220 e. The maximum atomic E-state index is 5.71. The minimum absolute atomic E-state index is 0.289. The molecule has 0 bridgehead atoms. The normalized spacial score (nSPS) is 14.4. The number of allylic oxidation sites excluding steroid dienone is 1. The first kappa shape index (κ1) is 16.9. The van der Waals surface area contributed by atoms with Crippen molar-refractivity contribution in [3.05, 3.63) is 53.4 Å². The van der Waals surface area contributed by atoms with Crippen molar-refractivity contribution in [3.63, 3.8) is 0 Å². The second-order valence-electron chi connectivity index (χ2n) is 6.72. The molecule has 1 aliphatic rings. The molecule has 0 unspecified atom stereocenters. The van der Waals surface area contributed by atoms with Gasteiger partial charge in [-0.05, 0) is 44.2 Å². The summed E-state index contributed by atoms with van der Waals surface area (Å²) in [6.07, 6.45) is 10.6. The molecule has 26 heavy (non-hydrogen) atoms. The Kier molecular flexibility index (Phi) is 4.80. The van der Waals surface area contributed by atoms with Gasteiger partial charge in [0.1, 0.15) is 5.01 Å². The second-order valence-corrected chi connectivity index (χ2v) is 7.72. The average Bonchev–Trinajstić information content (AvgIpc) is 3.05. The third-order valence-electron chi connectivity index (χ3n) is 4.73. The van der Waals surface area contributed by atoms with Crippen LogP contribution in [-0.2, 0) is 0 Å². The number of nitrogens with two attached hydrogens (primary N) is 1. The Bertz CT molecular complexity index is 933. The van der Waals surface area contributed by atoms with Gasteiger partial charge >= 0.3 is 0 Å². The number of nitrogen functional groups attached to an aromatic ring is 1. The molecule has 0 amide bonds. The molecule has 0 aliphatic heterocycles. The summed E-state index contributed by atoms with van der Waals surface area (Å²) in [5, 5.41) is 1.01. The highest BCUT2D eigenvalue weighted by Gasteiger charge is 2.13. The minimum atomic E-state index is 0.289. The summed E-state index contributed by atoms with van der Waals surface area (Å²) in [7, 11) is 0. The molecule has 2 heterocycles. The number of anilines is 1. The molecule has 5 heteroatoms. The van der Waals surface area contributed by atoms with Crippen molar-refractivity contribution >= 4 is 23.4 Å². The van der Waals surface area contributed by atoms with Crippen molar-refractivity contribution < 1.29 is 0 Å². The molecule has 1 aliphatic carbocycles.